The molecule has 0 unspecified atom stereocenters. The molecule has 176 valence electrons. The molecule has 3 fully saturated rings. The highest BCUT2D eigenvalue weighted by atomic mass is 32.2. The van der Waals surface area contributed by atoms with Crippen LogP contribution in [0.15, 0.2) is 18.2 Å². The van der Waals surface area contributed by atoms with Crippen LogP contribution in [0.1, 0.15) is 56.6 Å². The predicted octanol–water partition coefficient (Wildman–Crippen LogP) is 2.80. The summed E-state index contributed by atoms with van der Waals surface area (Å²) in [7, 11) is -3.46. The first-order valence-corrected chi connectivity index (χ1v) is 12.9. The SMILES string of the molecule is O=C1CN(CCCCCS(=O)(=O)N2CCC[C@@H]2c2ccc(F)c(OCC3CC3)c2)C(=O)N1. The van der Waals surface area contributed by atoms with Crippen molar-refractivity contribution in [2.24, 2.45) is 5.92 Å². The van der Waals surface area contributed by atoms with Crippen LogP contribution in [0.5, 0.6) is 5.75 Å². The summed E-state index contributed by atoms with van der Waals surface area (Å²) in [5, 5.41) is 2.23. The van der Waals surface area contributed by atoms with Gasteiger partial charge in [-0.2, -0.15) is 4.31 Å². The van der Waals surface area contributed by atoms with Gasteiger partial charge in [-0.15, -0.1) is 0 Å². The first kappa shape index (κ1) is 23.0. The number of hydrogen-bond acceptors (Lipinski definition) is 5. The van der Waals surface area contributed by atoms with Gasteiger partial charge < -0.3 is 9.64 Å². The van der Waals surface area contributed by atoms with E-state index in [2.05, 4.69) is 5.32 Å². The maximum atomic E-state index is 14.2. The Bertz CT molecular complexity index is 966. The second kappa shape index (κ2) is 9.74. The van der Waals surface area contributed by atoms with Crippen molar-refractivity contribution in [3.05, 3.63) is 29.6 Å². The molecule has 2 heterocycles. The number of nitrogens with one attached hydrogen (secondary N) is 1. The molecule has 0 aromatic heterocycles. The first-order chi connectivity index (χ1) is 15.3. The summed E-state index contributed by atoms with van der Waals surface area (Å²) in [6.45, 7) is 1.46. The number of halogens is 1. The Labute approximate surface area is 188 Å². The molecule has 1 aliphatic carbocycles. The van der Waals surface area contributed by atoms with E-state index >= 15 is 0 Å². The number of ether oxygens (including phenoxy) is 1. The Balaban J connectivity index is 1.30. The zero-order valence-corrected chi connectivity index (χ0v) is 18.9. The lowest BCUT2D eigenvalue weighted by molar-refractivity contribution is -0.118. The Hall–Kier alpha value is -2.20. The third kappa shape index (κ3) is 5.58. The average molecular weight is 468 g/mol. The van der Waals surface area contributed by atoms with Gasteiger partial charge >= 0.3 is 6.03 Å². The number of imide groups is 1. The Morgan fingerprint density at radius 3 is 2.66 bits per heavy atom. The predicted molar refractivity (Wildman–Crippen MR) is 116 cm³/mol. The van der Waals surface area contributed by atoms with Crippen molar-refractivity contribution in [3.8, 4) is 5.75 Å². The molecule has 2 aliphatic heterocycles. The van der Waals surface area contributed by atoms with Gasteiger partial charge in [0.25, 0.3) is 0 Å². The number of benzene rings is 1. The summed E-state index contributed by atoms with van der Waals surface area (Å²) in [5.41, 5.74) is 0.767. The molecular weight excluding hydrogens is 437 g/mol. The van der Waals surface area contributed by atoms with E-state index in [4.69, 9.17) is 4.74 Å². The van der Waals surface area contributed by atoms with E-state index in [0.717, 1.165) is 24.8 Å². The van der Waals surface area contributed by atoms with Crippen molar-refractivity contribution in [2.45, 2.75) is 51.0 Å². The second-order valence-electron chi connectivity index (χ2n) is 8.86. The van der Waals surface area contributed by atoms with Gasteiger partial charge in [0, 0.05) is 19.1 Å². The van der Waals surface area contributed by atoms with Crippen molar-refractivity contribution in [3.63, 3.8) is 0 Å². The van der Waals surface area contributed by atoms with E-state index in [9.17, 15) is 22.4 Å². The fourth-order valence-electron chi connectivity index (χ4n) is 4.28. The van der Waals surface area contributed by atoms with Crippen LogP contribution in [0.4, 0.5) is 9.18 Å². The normalized spacial score (nSPS) is 21.9. The largest absolute Gasteiger partial charge is 0.490 e. The van der Waals surface area contributed by atoms with Crippen LogP contribution in [-0.2, 0) is 14.8 Å². The molecule has 0 radical (unpaired) electrons. The third-order valence-electron chi connectivity index (χ3n) is 6.27. The molecule has 1 saturated carbocycles. The molecule has 8 nitrogen and oxygen atoms in total. The van der Waals surface area contributed by atoms with E-state index in [0.29, 0.717) is 51.3 Å². The number of hydrogen-bond donors (Lipinski definition) is 1. The molecule has 1 atom stereocenters. The van der Waals surface area contributed by atoms with Gasteiger partial charge in [-0.05, 0) is 62.1 Å². The maximum absolute atomic E-state index is 14.2. The second-order valence-corrected chi connectivity index (χ2v) is 10.9. The fourth-order valence-corrected chi connectivity index (χ4v) is 6.11. The zero-order valence-electron chi connectivity index (χ0n) is 18.1. The quantitative estimate of drug-likeness (QED) is 0.399. The molecule has 2 saturated heterocycles. The lowest BCUT2D eigenvalue weighted by atomic mass is 10.1. The molecule has 3 aliphatic rings. The summed E-state index contributed by atoms with van der Waals surface area (Å²) in [6, 6.07) is 3.98. The van der Waals surface area contributed by atoms with Crippen molar-refractivity contribution in [1.82, 2.24) is 14.5 Å². The molecular formula is C22H30FN3O5S. The molecule has 4 rings (SSSR count). The first-order valence-electron chi connectivity index (χ1n) is 11.3. The van der Waals surface area contributed by atoms with Crippen molar-refractivity contribution in [1.29, 1.82) is 0 Å². The summed E-state index contributed by atoms with van der Waals surface area (Å²) < 4.78 is 47.3. The van der Waals surface area contributed by atoms with Gasteiger partial charge in [-0.25, -0.2) is 17.6 Å². The molecule has 3 amide bonds. The van der Waals surface area contributed by atoms with Crippen LogP contribution < -0.4 is 10.1 Å². The molecule has 32 heavy (non-hydrogen) atoms. The van der Waals surface area contributed by atoms with Crippen LogP contribution in [0.3, 0.4) is 0 Å². The molecule has 1 N–H and O–H groups in total. The maximum Gasteiger partial charge on any atom is 0.324 e. The van der Waals surface area contributed by atoms with Gasteiger partial charge in [-0.1, -0.05) is 12.5 Å². The third-order valence-corrected chi connectivity index (χ3v) is 8.23. The zero-order chi connectivity index (χ0) is 22.7. The Kier molecular flexibility index (Phi) is 6.99. The minimum absolute atomic E-state index is 0.0286. The van der Waals surface area contributed by atoms with E-state index in [-0.39, 0.29) is 36.0 Å². The van der Waals surface area contributed by atoms with Gasteiger partial charge in [-0.3, -0.25) is 10.1 Å². The highest BCUT2D eigenvalue weighted by Gasteiger charge is 2.35. The number of unbranched alkanes of at least 4 members (excludes halogenated alkanes) is 2. The minimum Gasteiger partial charge on any atom is -0.490 e. The molecule has 0 bridgehead atoms. The van der Waals surface area contributed by atoms with Gasteiger partial charge in [0.05, 0.1) is 12.4 Å². The van der Waals surface area contributed by atoms with Crippen LogP contribution in [-0.4, -0.2) is 61.6 Å². The number of amides is 3. The van der Waals surface area contributed by atoms with Gasteiger partial charge in [0.1, 0.15) is 6.54 Å². The monoisotopic (exact) mass is 467 g/mol. The molecule has 1 aromatic carbocycles. The molecule has 10 heteroatoms. The highest BCUT2D eigenvalue weighted by molar-refractivity contribution is 7.89. The van der Waals surface area contributed by atoms with Crippen molar-refractivity contribution in [2.75, 3.05) is 32.0 Å². The van der Waals surface area contributed by atoms with E-state index in [1.54, 1.807) is 12.1 Å². The van der Waals surface area contributed by atoms with Crippen molar-refractivity contribution < 1.29 is 27.1 Å². The van der Waals surface area contributed by atoms with Gasteiger partial charge in [0.2, 0.25) is 15.9 Å². The van der Waals surface area contributed by atoms with Gasteiger partial charge in [0.15, 0.2) is 11.6 Å². The van der Waals surface area contributed by atoms with Crippen LogP contribution in [0.2, 0.25) is 0 Å². The summed E-state index contributed by atoms with van der Waals surface area (Å²) in [4.78, 5) is 24.2. The van der Waals surface area contributed by atoms with E-state index in [1.807, 2.05) is 0 Å². The Morgan fingerprint density at radius 1 is 1.12 bits per heavy atom. The van der Waals surface area contributed by atoms with Crippen LogP contribution in [0.25, 0.3) is 0 Å². The number of carbonyl (C=O) groups excluding carboxylic acids is 2. The number of urea groups is 1. The van der Waals surface area contributed by atoms with Crippen molar-refractivity contribution >= 4 is 22.0 Å². The van der Waals surface area contributed by atoms with E-state index in [1.165, 1.54) is 15.3 Å². The molecule has 0 spiro atoms. The lowest BCUT2D eigenvalue weighted by Gasteiger charge is -2.25. The molecule has 1 aromatic rings. The average Bonchev–Trinajstić information content (AvgIpc) is 3.33. The summed E-state index contributed by atoms with van der Waals surface area (Å²) in [5.74, 6) is 0.000448. The van der Waals surface area contributed by atoms with E-state index < -0.39 is 15.8 Å². The number of carbonyl (C=O) groups is 2. The summed E-state index contributed by atoms with van der Waals surface area (Å²) in [6.07, 6.45) is 5.44. The Morgan fingerprint density at radius 2 is 1.94 bits per heavy atom. The number of nitrogens with zero attached hydrogens (tertiary/aromatic N) is 2. The smallest absolute Gasteiger partial charge is 0.324 e. The topological polar surface area (TPSA) is 96.0 Å². The standard InChI is InChI=1S/C22H30FN3O5S/c23-18-9-8-17(13-20(18)31-15-16-6-7-16)19-5-4-11-26(19)32(29,30)12-3-1-2-10-25-14-21(27)24-22(25)28/h8-9,13,16,19H,1-7,10-12,14-15H2,(H,24,27,28)/t19-/m1/s1. The minimum atomic E-state index is -3.46. The highest BCUT2D eigenvalue weighted by Crippen LogP contribution is 2.37. The van der Waals surface area contributed by atoms with Crippen LogP contribution >= 0.6 is 0 Å². The number of sulfonamides is 1. The lowest BCUT2D eigenvalue weighted by Crippen LogP contribution is -2.33. The summed E-state index contributed by atoms with van der Waals surface area (Å²) >= 11 is 0. The fraction of sp³-hybridized carbons (Fsp3) is 0.636. The number of rotatable bonds is 11. The van der Waals surface area contributed by atoms with Crippen LogP contribution in [0, 0.1) is 11.7 Å².